The largest absolute Gasteiger partial charge is 0.465 e. The van der Waals surface area contributed by atoms with Gasteiger partial charge in [0.2, 0.25) is 5.91 Å². The molecule has 0 aliphatic heterocycles. The van der Waals surface area contributed by atoms with Gasteiger partial charge in [0.15, 0.2) is 0 Å². The molecule has 2 aromatic carbocycles. The van der Waals surface area contributed by atoms with E-state index in [0.717, 1.165) is 22.9 Å². The second-order valence-corrected chi connectivity index (χ2v) is 6.24. The molecule has 5 nitrogen and oxygen atoms in total. The molecule has 0 unspecified atom stereocenters. The van der Waals surface area contributed by atoms with Crippen molar-refractivity contribution in [3.05, 3.63) is 48.0 Å². The van der Waals surface area contributed by atoms with Crippen LogP contribution in [0.15, 0.2) is 42.5 Å². The number of carbonyl (C=O) groups excluding carboxylic acids is 2. The van der Waals surface area contributed by atoms with Gasteiger partial charge in [0.25, 0.3) is 0 Å². The number of hydrogen-bond donors (Lipinski definition) is 1. The summed E-state index contributed by atoms with van der Waals surface area (Å²) >= 11 is 0. The average molecular weight is 342 g/mol. The number of ether oxygens (including phenoxy) is 1. The summed E-state index contributed by atoms with van der Waals surface area (Å²) in [6, 6.07) is 13.9. The quantitative estimate of drug-likeness (QED) is 0.590. The fourth-order valence-corrected chi connectivity index (χ4v) is 2.74. The average Bonchev–Trinajstić information content (AvgIpc) is 2.59. The summed E-state index contributed by atoms with van der Waals surface area (Å²) in [5.41, 5.74) is 0.971. The number of benzene rings is 2. The van der Waals surface area contributed by atoms with Crippen LogP contribution in [0.1, 0.15) is 12.5 Å². The lowest BCUT2D eigenvalue weighted by Crippen LogP contribution is -2.40. The zero-order chi connectivity index (χ0) is 18.2. The second-order valence-electron chi connectivity index (χ2n) is 6.24. The van der Waals surface area contributed by atoms with Crippen LogP contribution in [0.25, 0.3) is 10.8 Å². The maximum absolute atomic E-state index is 12.6. The Balaban J connectivity index is 2.20. The summed E-state index contributed by atoms with van der Waals surface area (Å²) < 4.78 is 5.13. The Morgan fingerprint density at radius 1 is 1.12 bits per heavy atom. The molecule has 0 fully saturated rings. The molecule has 1 atom stereocenters. The van der Waals surface area contributed by atoms with Crippen molar-refractivity contribution in [1.82, 2.24) is 10.2 Å². The van der Waals surface area contributed by atoms with Gasteiger partial charge in [0.05, 0.1) is 6.61 Å². The van der Waals surface area contributed by atoms with Crippen molar-refractivity contribution in [2.45, 2.75) is 13.3 Å². The van der Waals surface area contributed by atoms with Crippen LogP contribution in [0.5, 0.6) is 0 Å². The molecule has 2 rings (SSSR count). The van der Waals surface area contributed by atoms with Gasteiger partial charge in [0.1, 0.15) is 5.92 Å². The molecule has 0 aliphatic rings. The molecule has 25 heavy (non-hydrogen) atoms. The monoisotopic (exact) mass is 342 g/mol. The lowest BCUT2D eigenvalue weighted by Gasteiger charge is -2.18. The molecule has 1 N–H and O–H groups in total. The lowest BCUT2D eigenvalue weighted by atomic mass is 9.94. The van der Waals surface area contributed by atoms with E-state index in [2.05, 4.69) is 5.32 Å². The number of carbonyl (C=O) groups is 2. The molecular formula is C20H26N2O3. The van der Waals surface area contributed by atoms with Crippen molar-refractivity contribution in [2.24, 2.45) is 5.92 Å². The first-order valence-corrected chi connectivity index (χ1v) is 8.58. The van der Waals surface area contributed by atoms with Gasteiger partial charge in [0, 0.05) is 13.1 Å². The van der Waals surface area contributed by atoms with E-state index >= 15 is 0 Å². The van der Waals surface area contributed by atoms with Crippen LogP contribution >= 0.6 is 0 Å². The van der Waals surface area contributed by atoms with E-state index in [0.29, 0.717) is 13.0 Å². The molecule has 0 spiro atoms. The Hall–Kier alpha value is -2.40. The SMILES string of the molecule is CCOC(=O)[C@H](Cc1cccc2ccccc12)C(=O)NCCN(C)C. The molecule has 0 heterocycles. The van der Waals surface area contributed by atoms with E-state index < -0.39 is 11.9 Å². The number of amides is 1. The standard InChI is InChI=1S/C20H26N2O3/c1-4-25-20(24)18(19(23)21-12-13-22(2)3)14-16-10-7-9-15-8-5-6-11-17(15)16/h5-11,18H,4,12-14H2,1-3H3,(H,21,23)/t18-/m1/s1. The van der Waals surface area contributed by atoms with Gasteiger partial charge in [-0.1, -0.05) is 42.5 Å². The van der Waals surface area contributed by atoms with Crippen molar-refractivity contribution >= 4 is 22.6 Å². The van der Waals surface area contributed by atoms with Crippen LogP contribution in [-0.2, 0) is 20.7 Å². The van der Waals surface area contributed by atoms with Crippen LogP contribution in [0.3, 0.4) is 0 Å². The third-order valence-corrected chi connectivity index (χ3v) is 4.05. The molecule has 0 saturated heterocycles. The summed E-state index contributed by atoms with van der Waals surface area (Å²) in [5, 5.41) is 4.99. The normalized spacial score (nSPS) is 12.2. The number of likely N-dealkylation sites (N-methyl/N-ethyl adjacent to an activating group) is 1. The highest BCUT2D eigenvalue weighted by molar-refractivity contribution is 5.98. The number of esters is 1. The number of nitrogens with zero attached hydrogens (tertiary/aromatic N) is 1. The predicted octanol–water partition coefficient (Wildman–Crippen LogP) is 2.24. The van der Waals surface area contributed by atoms with Crippen LogP contribution in [0, 0.1) is 5.92 Å². The third kappa shape index (κ3) is 5.29. The van der Waals surface area contributed by atoms with Gasteiger partial charge in [-0.15, -0.1) is 0 Å². The lowest BCUT2D eigenvalue weighted by molar-refractivity contribution is -0.152. The molecule has 2 aromatic rings. The van der Waals surface area contributed by atoms with Crippen molar-refractivity contribution < 1.29 is 14.3 Å². The summed E-state index contributed by atoms with van der Waals surface area (Å²) in [7, 11) is 3.87. The van der Waals surface area contributed by atoms with E-state index in [9.17, 15) is 9.59 Å². The van der Waals surface area contributed by atoms with E-state index in [-0.39, 0.29) is 12.5 Å². The Labute approximate surface area is 149 Å². The topological polar surface area (TPSA) is 58.6 Å². The van der Waals surface area contributed by atoms with Gasteiger partial charge in [-0.2, -0.15) is 0 Å². The number of hydrogen-bond acceptors (Lipinski definition) is 4. The maximum Gasteiger partial charge on any atom is 0.318 e. The molecule has 0 saturated carbocycles. The van der Waals surface area contributed by atoms with E-state index in [1.807, 2.05) is 61.5 Å². The predicted molar refractivity (Wildman–Crippen MR) is 99.3 cm³/mol. The zero-order valence-corrected chi connectivity index (χ0v) is 15.1. The Kier molecular flexibility index (Phi) is 6.95. The summed E-state index contributed by atoms with van der Waals surface area (Å²) in [4.78, 5) is 26.9. The van der Waals surface area contributed by atoms with Gasteiger partial charge >= 0.3 is 5.97 Å². The van der Waals surface area contributed by atoms with Crippen LogP contribution < -0.4 is 5.32 Å². The highest BCUT2D eigenvalue weighted by atomic mass is 16.5. The Morgan fingerprint density at radius 3 is 2.56 bits per heavy atom. The fourth-order valence-electron chi connectivity index (χ4n) is 2.74. The van der Waals surface area contributed by atoms with Crippen molar-refractivity contribution in [1.29, 1.82) is 0 Å². The van der Waals surface area contributed by atoms with Crippen molar-refractivity contribution in [3.63, 3.8) is 0 Å². The van der Waals surface area contributed by atoms with Crippen molar-refractivity contribution in [3.8, 4) is 0 Å². The first-order chi connectivity index (χ1) is 12.0. The summed E-state index contributed by atoms with van der Waals surface area (Å²) in [6.45, 7) is 3.22. The molecule has 134 valence electrons. The molecule has 0 bridgehead atoms. The fraction of sp³-hybridized carbons (Fsp3) is 0.400. The minimum absolute atomic E-state index is 0.260. The highest BCUT2D eigenvalue weighted by Gasteiger charge is 2.28. The van der Waals surface area contributed by atoms with E-state index in [4.69, 9.17) is 4.74 Å². The number of fused-ring (bicyclic) bond motifs is 1. The molecular weight excluding hydrogens is 316 g/mol. The molecule has 0 aliphatic carbocycles. The highest BCUT2D eigenvalue weighted by Crippen LogP contribution is 2.22. The first kappa shape index (κ1) is 18.9. The van der Waals surface area contributed by atoms with Gasteiger partial charge in [-0.3, -0.25) is 9.59 Å². The summed E-state index contributed by atoms with van der Waals surface area (Å²) in [6.07, 6.45) is 0.327. The third-order valence-electron chi connectivity index (χ3n) is 4.05. The minimum atomic E-state index is -0.840. The van der Waals surface area contributed by atoms with E-state index in [1.54, 1.807) is 6.92 Å². The zero-order valence-electron chi connectivity index (χ0n) is 15.1. The number of nitrogens with one attached hydrogen (secondary N) is 1. The van der Waals surface area contributed by atoms with Gasteiger partial charge < -0.3 is 15.0 Å². The van der Waals surface area contributed by atoms with Crippen molar-refractivity contribution in [2.75, 3.05) is 33.8 Å². The van der Waals surface area contributed by atoms with Crippen LogP contribution in [0.4, 0.5) is 0 Å². The van der Waals surface area contributed by atoms with Gasteiger partial charge in [-0.25, -0.2) is 0 Å². The van der Waals surface area contributed by atoms with Gasteiger partial charge in [-0.05, 0) is 43.8 Å². The Morgan fingerprint density at radius 2 is 1.84 bits per heavy atom. The molecule has 0 aromatic heterocycles. The Bertz CT molecular complexity index is 722. The second kappa shape index (κ2) is 9.18. The smallest absolute Gasteiger partial charge is 0.318 e. The van der Waals surface area contributed by atoms with Crippen LogP contribution in [-0.4, -0.2) is 50.6 Å². The minimum Gasteiger partial charge on any atom is -0.465 e. The maximum atomic E-state index is 12.6. The molecule has 1 amide bonds. The van der Waals surface area contributed by atoms with Crippen LogP contribution in [0.2, 0.25) is 0 Å². The summed E-state index contributed by atoms with van der Waals surface area (Å²) in [5.74, 6) is -1.60. The van der Waals surface area contributed by atoms with E-state index in [1.165, 1.54) is 0 Å². The molecule has 0 radical (unpaired) electrons. The molecule has 5 heteroatoms. The first-order valence-electron chi connectivity index (χ1n) is 8.58. The number of rotatable bonds is 8.